The third-order valence-electron chi connectivity index (χ3n) is 2.44. The molecule has 4 nitrogen and oxygen atoms in total. The first-order valence-corrected chi connectivity index (χ1v) is 5.44. The third-order valence-corrected chi connectivity index (χ3v) is 3.18. The van der Waals surface area contributed by atoms with Crippen molar-refractivity contribution in [2.45, 2.75) is 6.54 Å². The number of hydrogen-bond donors (Lipinski definition) is 2. The predicted molar refractivity (Wildman–Crippen MR) is 64.0 cm³/mol. The number of nitrogens with one attached hydrogen (secondary N) is 2. The van der Waals surface area contributed by atoms with Crippen molar-refractivity contribution < 1.29 is 0 Å². The molecular weight excluding hydrogens is 258 g/mol. The number of H-pyrrole nitrogens is 1. The molecule has 5 heteroatoms. The van der Waals surface area contributed by atoms with Gasteiger partial charge in [0.15, 0.2) is 0 Å². The van der Waals surface area contributed by atoms with Gasteiger partial charge in [0, 0.05) is 18.1 Å². The molecule has 0 radical (unpaired) electrons. The molecule has 1 aromatic carbocycles. The highest BCUT2D eigenvalue weighted by Gasteiger charge is 2.07. The van der Waals surface area contributed by atoms with Gasteiger partial charge in [0.1, 0.15) is 0 Å². The van der Waals surface area contributed by atoms with Gasteiger partial charge in [-0.1, -0.05) is 15.9 Å². The van der Waals surface area contributed by atoms with E-state index in [4.69, 9.17) is 0 Å². The van der Waals surface area contributed by atoms with Crippen molar-refractivity contribution in [2.75, 3.05) is 7.05 Å². The van der Waals surface area contributed by atoms with E-state index in [9.17, 15) is 4.79 Å². The van der Waals surface area contributed by atoms with E-state index in [1.807, 2.05) is 19.2 Å². The van der Waals surface area contributed by atoms with Gasteiger partial charge in [0.25, 0.3) is 0 Å². The number of fused-ring (bicyclic) bond motifs is 1. The van der Waals surface area contributed by atoms with Crippen LogP contribution in [0.1, 0.15) is 5.56 Å². The lowest BCUT2D eigenvalue weighted by Crippen LogP contribution is -2.11. The Hall–Kier alpha value is -1.07. The Bertz CT molecular complexity index is 556. The van der Waals surface area contributed by atoms with Gasteiger partial charge in [-0.25, -0.2) is 4.79 Å². The predicted octanol–water partition coefficient (Wildman–Crippen LogP) is 1.35. The maximum absolute atomic E-state index is 11.4. The van der Waals surface area contributed by atoms with Gasteiger partial charge in [-0.15, -0.1) is 0 Å². The van der Waals surface area contributed by atoms with Gasteiger partial charge in [-0.3, -0.25) is 4.57 Å². The van der Waals surface area contributed by atoms with Crippen molar-refractivity contribution in [1.82, 2.24) is 14.9 Å². The average Bonchev–Trinajstić information content (AvgIpc) is 2.46. The molecule has 1 heterocycles. The van der Waals surface area contributed by atoms with Crippen LogP contribution < -0.4 is 11.0 Å². The van der Waals surface area contributed by atoms with Crippen LogP contribution in [0.15, 0.2) is 21.4 Å². The third kappa shape index (κ3) is 1.72. The van der Waals surface area contributed by atoms with Crippen molar-refractivity contribution in [3.8, 4) is 0 Å². The molecular formula is C10H12BrN3O. The molecule has 0 amide bonds. The van der Waals surface area contributed by atoms with E-state index < -0.39 is 0 Å². The molecule has 0 fully saturated rings. The quantitative estimate of drug-likeness (QED) is 0.865. The lowest BCUT2D eigenvalue weighted by atomic mass is 10.2. The fourth-order valence-electron chi connectivity index (χ4n) is 1.62. The van der Waals surface area contributed by atoms with Crippen molar-refractivity contribution in [2.24, 2.45) is 7.05 Å². The van der Waals surface area contributed by atoms with Crippen LogP contribution in [-0.2, 0) is 13.6 Å². The van der Waals surface area contributed by atoms with Crippen molar-refractivity contribution >= 4 is 27.0 Å². The maximum Gasteiger partial charge on any atom is 0.326 e. The van der Waals surface area contributed by atoms with Crippen LogP contribution in [0.5, 0.6) is 0 Å². The van der Waals surface area contributed by atoms with E-state index in [1.165, 1.54) is 0 Å². The molecule has 0 unspecified atom stereocenters. The van der Waals surface area contributed by atoms with Crippen LogP contribution in [0.3, 0.4) is 0 Å². The summed E-state index contributed by atoms with van der Waals surface area (Å²) in [5, 5.41) is 3.08. The lowest BCUT2D eigenvalue weighted by Gasteiger charge is -2.04. The summed E-state index contributed by atoms with van der Waals surface area (Å²) in [7, 11) is 3.65. The second-order valence-corrected chi connectivity index (χ2v) is 4.33. The normalized spacial score (nSPS) is 11.1. The average molecular weight is 270 g/mol. The van der Waals surface area contributed by atoms with Gasteiger partial charge < -0.3 is 10.3 Å². The molecule has 0 aliphatic heterocycles. The highest BCUT2D eigenvalue weighted by molar-refractivity contribution is 9.10. The summed E-state index contributed by atoms with van der Waals surface area (Å²) in [6, 6.07) is 3.94. The van der Waals surface area contributed by atoms with E-state index in [-0.39, 0.29) is 5.69 Å². The van der Waals surface area contributed by atoms with Gasteiger partial charge in [0.2, 0.25) is 0 Å². The van der Waals surface area contributed by atoms with E-state index in [2.05, 4.69) is 26.2 Å². The zero-order valence-corrected chi connectivity index (χ0v) is 10.2. The van der Waals surface area contributed by atoms with Gasteiger partial charge in [0.05, 0.1) is 11.0 Å². The molecule has 2 rings (SSSR count). The molecule has 0 bridgehead atoms. The molecule has 0 saturated carbocycles. The highest BCUT2D eigenvalue weighted by atomic mass is 79.9. The minimum atomic E-state index is -0.0847. The van der Waals surface area contributed by atoms with Crippen molar-refractivity contribution in [3.63, 3.8) is 0 Å². The summed E-state index contributed by atoms with van der Waals surface area (Å²) >= 11 is 3.49. The van der Waals surface area contributed by atoms with Gasteiger partial charge in [-0.05, 0) is 24.7 Å². The van der Waals surface area contributed by atoms with Crippen LogP contribution in [0.25, 0.3) is 11.0 Å². The monoisotopic (exact) mass is 269 g/mol. The number of nitrogens with zero attached hydrogens (tertiary/aromatic N) is 1. The zero-order valence-electron chi connectivity index (χ0n) is 8.60. The molecule has 0 aliphatic carbocycles. The number of hydrogen-bond acceptors (Lipinski definition) is 2. The maximum atomic E-state index is 11.4. The van der Waals surface area contributed by atoms with Crippen LogP contribution >= 0.6 is 15.9 Å². The number of aromatic amines is 1. The second-order valence-electron chi connectivity index (χ2n) is 3.48. The summed E-state index contributed by atoms with van der Waals surface area (Å²) in [5.41, 5.74) is 2.83. The minimum absolute atomic E-state index is 0.0847. The first-order valence-electron chi connectivity index (χ1n) is 4.65. The number of halogens is 1. The van der Waals surface area contributed by atoms with Crippen LogP contribution in [0.4, 0.5) is 0 Å². The number of rotatable bonds is 2. The van der Waals surface area contributed by atoms with Crippen LogP contribution in [0, 0.1) is 0 Å². The van der Waals surface area contributed by atoms with E-state index >= 15 is 0 Å². The zero-order chi connectivity index (χ0) is 11.0. The Balaban J connectivity index is 2.70. The SMILES string of the molecule is CNCc1cc2[nH]c(=O)n(C)c2cc1Br. The highest BCUT2D eigenvalue weighted by Crippen LogP contribution is 2.22. The lowest BCUT2D eigenvalue weighted by molar-refractivity contribution is 0.815. The molecule has 0 saturated heterocycles. The fourth-order valence-corrected chi connectivity index (χ4v) is 2.09. The summed E-state index contributed by atoms with van der Waals surface area (Å²) in [4.78, 5) is 14.2. The fraction of sp³-hybridized carbons (Fsp3) is 0.300. The molecule has 0 aliphatic rings. The summed E-state index contributed by atoms with van der Waals surface area (Å²) < 4.78 is 2.61. The van der Waals surface area contributed by atoms with Gasteiger partial charge in [-0.2, -0.15) is 0 Å². The largest absolute Gasteiger partial charge is 0.326 e. The second kappa shape index (κ2) is 3.83. The first kappa shape index (κ1) is 10.4. The Morgan fingerprint density at radius 3 is 2.93 bits per heavy atom. The van der Waals surface area contributed by atoms with Crippen molar-refractivity contribution in [3.05, 3.63) is 32.7 Å². The Morgan fingerprint density at radius 2 is 2.27 bits per heavy atom. The Kier molecular flexibility index (Phi) is 2.67. The van der Waals surface area contributed by atoms with Gasteiger partial charge >= 0.3 is 5.69 Å². The number of aryl methyl sites for hydroxylation is 1. The summed E-state index contributed by atoms with van der Waals surface area (Å²) in [6.45, 7) is 0.771. The molecule has 2 aromatic rings. The standard InChI is InChI=1S/C10H12BrN3O/c1-12-5-6-3-8-9(4-7(6)11)14(2)10(15)13-8/h3-4,12H,5H2,1-2H3,(H,13,15). The Labute approximate surface area is 95.4 Å². The number of aromatic nitrogens is 2. The molecule has 0 atom stereocenters. The molecule has 80 valence electrons. The topological polar surface area (TPSA) is 49.8 Å². The smallest absolute Gasteiger partial charge is 0.316 e. The minimum Gasteiger partial charge on any atom is -0.316 e. The van der Waals surface area contributed by atoms with Crippen molar-refractivity contribution in [1.29, 1.82) is 0 Å². The Morgan fingerprint density at radius 1 is 1.53 bits per heavy atom. The molecule has 0 spiro atoms. The molecule has 1 aromatic heterocycles. The summed E-state index contributed by atoms with van der Waals surface area (Å²) in [6.07, 6.45) is 0. The van der Waals surface area contributed by atoms with E-state index in [0.717, 1.165) is 27.6 Å². The number of imidazole rings is 1. The summed E-state index contributed by atoms with van der Waals surface area (Å²) in [5.74, 6) is 0. The first-order chi connectivity index (χ1) is 7.13. The van der Waals surface area contributed by atoms with E-state index in [0.29, 0.717) is 0 Å². The van der Waals surface area contributed by atoms with E-state index in [1.54, 1.807) is 11.6 Å². The van der Waals surface area contributed by atoms with Crippen LogP contribution in [0.2, 0.25) is 0 Å². The van der Waals surface area contributed by atoms with Crippen LogP contribution in [-0.4, -0.2) is 16.6 Å². The number of benzene rings is 1. The molecule has 15 heavy (non-hydrogen) atoms. The molecule has 2 N–H and O–H groups in total.